The van der Waals surface area contributed by atoms with Gasteiger partial charge in [0, 0.05) is 7.05 Å². The van der Waals surface area contributed by atoms with Crippen LogP contribution in [0.25, 0.3) is 11.3 Å². The fourth-order valence-electron chi connectivity index (χ4n) is 4.28. The van der Waals surface area contributed by atoms with Crippen molar-refractivity contribution < 1.29 is 9.13 Å². The molecule has 1 fully saturated rings. The predicted octanol–water partition coefficient (Wildman–Crippen LogP) is 3.27. The maximum atomic E-state index is 14.0. The molecule has 0 amide bonds. The highest BCUT2D eigenvalue weighted by atomic mass is 19.1. The minimum atomic E-state index is -0.447. The topological polar surface area (TPSA) is 103 Å². The van der Waals surface area contributed by atoms with Crippen LogP contribution in [0.2, 0.25) is 0 Å². The molecule has 5 rings (SSSR count). The van der Waals surface area contributed by atoms with Gasteiger partial charge < -0.3 is 10.5 Å². The third-order valence-corrected chi connectivity index (χ3v) is 5.80. The van der Waals surface area contributed by atoms with E-state index in [9.17, 15) is 9.65 Å². The number of anilines is 1. The zero-order chi connectivity index (χ0) is 20.3. The Hall–Kier alpha value is -3.47. The first-order valence-electron chi connectivity index (χ1n) is 9.51. The van der Waals surface area contributed by atoms with Gasteiger partial charge in [-0.2, -0.15) is 10.4 Å². The Morgan fingerprint density at radius 2 is 2.17 bits per heavy atom. The number of nitrogen functional groups attached to an aromatic ring is 1. The van der Waals surface area contributed by atoms with E-state index in [1.165, 1.54) is 18.3 Å². The van der Waals surface area contributed by atoms with Gasteiger partial charge in [-0.3, -0.25) is 4.68 Å². The van der Waals surface area contributed by atoms with Crippen LogP contribution in [-0.2, 0) is 13.5 Å². The molecule has 2 aliphatic rings. The fraction of sp³-hybridized carbons (Fsp3) is 0.333. The summed E-state index contributed by atoms with van der Waals surface area (Å²) in [6.07, 6.45) is 2.78. The van der Waals surface area contributed by atoms with Crippen LogP contribution in [0.4, 0.5) is 10.2 Å². The molecule has 7 nitrogen and oxygen atoms in total. The van der Waals surface area contributed by atoms with Gasteiger partial charge in [0.25, 0.3) is 5.88 Å². The number of hydrogen-bond acceptors (Lipinski definition) is 6. The van der Waals surface area contributed by atoms with Gasteiger partial charge in [-0.1, -0.05) is 6.07 Å². The summed E-state index contributed by atoms with van der Waals surface area (Å²) in [7, 11) is 1.75. The maximum Gasteiger partial charge on any atom is 0.258 e. The van der Waals surface area contributed by atoms with Gasteiger partial charge >= 0.3 is 0 Å². The number of ether oxygens (including phenoxy) is 1. The number of nitrogens with zero attached hydrogens (tertiary/aromatic N) is 5. The number of halogens is 1. The van der Waals surface area contributed by atoms with E-state index in [-0.39, 0.29) is 17.5 Å². The van der Waals surface area contributed by atoms with Gasteiger partial charge in [-0.25, -0.2) is 14.4 Å². The largest absolute Gasteiger partial charge is 0.467 e. The highest BCUT2D eigenvalue weighted by molar-refractivity contribution is 5.69. The number of fused-ring (bicyclic) bond motifs is 7. The van der Waals surface area contributed by atoms with E-state index in [4.69, 9.17) is 10.5 Å². The number of hydrogen-bond donors (Lipinski definition) is 1. The predicted molar refractivity (Wildman–Crippen MR) is 103 cm³/mol. The molecule has 1 aromatic carbocycles. The van der Waals surface area contributed by atoms with Crippen LogP contribution in [-0.4, -0.2) is 19.7 Å². The molecular weight excluding hydrogens is 371 g/mol. The first kappa shape index (κ1) is 17.6. The lowest BCUT2D eigenvalue weighted by Crippen LogP contribution is -2.11. The third kappa shape index (κ3) is 2.81. The Bertz CT molecular complexity index is 1180. The van der Waals surface area contributed by atoms with E-state index in [1.54, 1.807) is 11.7 Å². The Morgan fingerprint density at radius 3 is 2.97 bits per heavy atom. The van der Waals surface area contributed by atoms with E-state index in [2.05, 4.69) is 21.1 Å². The molecule has 2 N–H and O–H groups in total. The second-order valence-electron chi connectivity index (χ2n) is 7.69. The van der Waals surface area contributed by atoms with E-state index < -0.39 is 6.10 Å². The van der Waals surface area contributed by atoms with Gasteiger partial charge in [0.05, 0.1) is 23.1 Å². The van der Waals surface area contributed by atoms with Gasteiger partial charge in [-0.15, -0.1) is 0 Å². The summed E-state index contributed by atoms with van der Waals surface area (Å²) in [5.74, 6) is 0.674. The Kier molecular flexibility index (Phi) is 3.81. The molecule has 1 aliphatic carbocycles. The first-order valence-corrected chi connectivity index (χ1v) is 9.51. The van der Waals surface area contributed by atoms with Crippen LogP contribution in [0, 0.1) is 23.1 Å². The molecule has 3 atom stereocenters. The number of aromatic nitrogens is 4. The molecule has 8 heteroatoms. The quantitative estimate of drug-likeness (QED) is 0.632. The number of benzene rings is 1. The summed E-state index contributed by atoms with van der Waals surface area (Å²) in [6.45, 7) is 1.85. The standard InChI is InChI=1S/C21H19FN6O/c1-10-14-7-12(22)3-4-13(14)15-5-11(15)6-16-19(18(8-23)28(2)27-16)17-9-25-20(24)21(26-17)29-10/h3-4,7,9-11,15H,5-6H2,1-2H3,(H2,24,25). The molecule has 2 aromatic heterocycles. The summed E-state index contributed by atoms with van der Waals surface area (Å²) < 4.78 is 21.6. The molecule has 0 radical (unpaired) electrons. The average Bonchev–Trinajstić information content (AvgIpc) is 3.37. The van der Waals surface area contributed by atoms with Crippen LogP contribution in [0.5, 0.6) is 5.88 Å². The summed E-state index contributed by atoms with van der Waals surface area (Å²) in [5.41, 5.74) is 10.3. The smallest absolute Gasteiger partial charge is 0.258 e. The van der Waals surface area contributed by atoms with Crippen LogP contribution in [0.15, 0.2) is 24.4 Å². The van der Waals surface area contributed by atoms with Crippen molar-refractivity contribution >= 4 is 5.82 Å². The maximum absolute atomic E-state index is 14.0. The van der Waals surface area contributed by atoms with Crippen molar-refractivity contribution in [2.75, 3.05) is 5.73 Å². The molecule has 146 valence electrons. The van der Waals surface area contributed by atoms with Gasteiger partial charge in [0.2, 0.25) is 0 Å². The van der Waals surface area contributed by atoms with Crippen LogP contribution >= 0.6 is 0 Å². The molecule has 3 heterocycles. The highest BCUT2D eigenvalue weighted by Gasteiger charge is 2.42. The second-order valence-corrected chi connectivity index (χ2v) is 7.69. The molecule has 3 aromatic rings. The molecule has 1 aliphatic heterocycles. The zero-order valence-electron chi connectivity index (χ0n) is 16.1. The number of rotatable bonds is 0. The summed E-state index contributed by atoms with van der Waals surface area (Å²) in [4.78, 5) is 8.76. The minimum Gasteiger partial charge on any atom is -0.467 e. The molecule has 29 heavy (non-hydrogen) atoms. The molecular formula is C21H19FN6O. The Balaban J connectivity index is 1.72. The van der Waals surface area contributed by atoms with Crippen molar-refractivity contribution in [2.24, 2.45) is 13.0 Å². The van der Waals surface area contributed by atoms with Crippen molar-refractivity contribution in [2.45, 2.75) is 31.8 Å². The summed E-state index contributed by atoms with van der Waals surface area (Å²) >= 11 is 0. The van der Waals surface area contributed by atoms with Crippen LogP contribution < -0.4 is 10.5 Å². The third-order valence-electron chi connectivity index (χ3n) is 5.80. The summed E-state index contributed by atoms with van der Waals surface area (Å²) in [6, 6.07) is 7.07. The lowest BCUT2D eigenvalue weighted by atomic mass is 9.96. The van der Waals surface area contributed by atoms with E-state index in [0.29, 0.717) is 35.2 Å². The molecule has 1 saturated carbocycles. The minimum absolute atomic E-state index is 0.142. The summed E-state index contributed by atoms with van der Waals surface area (Å²) in [5, 5.41) is 14.2. The van der Waals surface area contributed by atoms with Crippen LogP contribution in [0.1, 0.15) is 47.9 Å². The first-order chi connectivity index (χ1) is 14.0. The van der Waals surface area contributed by atoms with Gasteiger partial charge in [-0.05, 0) is 54.9 Å². The Morgan fingerprint density at radius 1 is 1.34 bits per heavy atom. The average molecular weight is 390 g/mol. The lowest BCUT2D eigenvalue weighted by molar-refractivity contribution is 0.216. The fourth-order valence-corrected chi connectivity index (χ4v) is 4.28. The van der Waals surface area contributed by atoms with Gasteiger partial charge in [0.1, 0.15) is 23.7 Å². The van der Waals surface area contributed by atoms with Crippen molar-refractivity contribution in [1.29, 1.82) is 5.26 Å². The van der Waals surface area contributed by atoms with Crippen molar-refractivity contribution in [3.05, 3.63) is 52.7 Å². The van der Waals surface area contributed by atoms with E-state index in [1.807, 2.05) is 13.0 Å². The lowest BCUT2D eigenvalue weighted by Gasteiger charge is -2.20. The number of aryl methyl sites for hydroxylation is 1. The molecule has 3 unspecified atom stereocenters. The highest BCUT2D eigenvalue weighted by Crippen LogP contribution is 2.52. The van der Waals surface area contributed by atoms with Crippen molar-refractivity contribution in [1.82, 2.24) is 19.7 Å². The van der Waals surface area contributed by atoms with Crippen LogP contribution in [0.3, 0.4) is 0 Å². The van der Waals surface area contributed by atoms with E-state index >= 15 is 0 Å². The number of nitrogens with two attached hydrogens (primary N) is 1. The SMILES string of the molecule is CC1Oc2nc(cnc2N)-c2c(nn(C)c2C#N)CC2CC2c2ccc(F)cc21. The molecule has 2 bridgehead atoms. The Labute approximate surface area is 167 Å². The number of nitriles is 1. The van der Waals surface area contributed by atoms with Crippen molar-refractivity contribution in [3.8, 4) is 23.2 Å². The molecule has 0 saturated heterocycles. The molecule has 0 spiro atoms. The monoisotopic (exact) mass is 390 g/mol. The second kappa shape index (κ2) is 6.27. The zero-order valence-corrected chi connectivity index (χ0v) is 16.1. The van der Waals surface area contributed by atoms with Crippen molar-refractivity contribution in [3.63, 3.8) is 0 Å². The van der Waals surface area contributed by atoms with Gasteiger partial charge in [0.15, 0.2) is 5.82 Å². The normalized spacial score (nSPS) is 22.1. The van der Waals surface area contributed by atoms with E-state index in [0.717, 1.165) is 23.2 Å².